The highest BCUT2D eigenvalue weighted by atomic mass is 16.4. The number of nitrogens with zero attached hydrogens (tertiary/aromatic N) is 1. The van der Waals surface area contributed by atoms with Crippen molar-refractivity contribution in [3.05, 3.63) is 0 Å². The predicted octanol–water partition coefficient (Wildman–Crippen LogP) is 11.6. The summed E-state index contributed by atoms with van der Waals surface area (Å²) in [6.45, 7) is 15.3. The number of carboxylic acids is 1. The van der Waals surface area contributed by atoms with E-state index in [9.17, 15) is 4.79 Å². The zero-order chi connectivity index (χ0) is 30.5. The van der Waals surface area contributed by atoms with Crippen LogP contribution >= 0.6 is 0 Å². The van der Waals surface area contributed by atoms with Gasteiger partial charge in [0, 0.05) is 6.42 Å². The first-order valence-corrected chi connectivity index (χ1v) is 18.8. The van der Waals surface area contributed by atoms with Crippen molar-refractivity contribution >= 4 is 5.97 Å². The highest BCUT2D eigenvalue weighted by Crippen LogP contribution is 2.13. The Balaban J connectivity index is 0. The molecule has 0 aliphatic carbocycles. The van der Waals surface area contributed by atoms with Gasteiger partial charge in [-0.05, 0) is 64.8 Å². The minimum Gasteiger partial charge on any atom is -0.481 e. The quantitative estimate of drug-likeness (QED) is 0.0756. The van der Waals surface area contributed by atoms with E-state index < -0.39 is 5.97 Å². The largest absolute Gasteiger partial charge is 0.481 e. The van der Waals surface area contributed by atoms with Crippen LogP contribution in [0.4, 0.5) is 0 Å². The number of nitrogens with one attached hydrogen (secondary N) is 1. The van der Waals surface area contributed by atoms with Gasteiger partial charge in [-0.1, -0.05) is 163 Å². The fourth-order valence-corrected chi connectivity index (χ4v) is 5.55. The lowest BCUT2D eigenvalue weighted by atomic mass is 10.0. The molecule has 0 aliphatic heterocycles. The lowest BCUT2D eigenvalue weighted by molar-refractivity contribution is -0.137. The summed E-state index contributed by atoms with van der Waals surface area (Å²) < 4.78 is 0. The van der Waals surface area contributed by atoms with Crippen molar-refractivity contribution in [1.29, 1.82) is 0 Å². The summed E-state index contributed by atoms with van der Waals surface area (Å²) in [4.78, 5) is 12.9. The van der Waals surface area contributed by atoms with Crippen LogP contribution in [0.1, 0.15) is 201 Å². The average Bonchev–Trinajstić information content (AvgIpc) is 2.96. The molecule has 0 aromatic rings. The minimum absolute atomic E-state index is 0.345. The van der Waals surface area contributed by atoms with Crippen molar-refractivity contribution in [2.75, 3.05) is 32.7 Å². The van der Waals surface area contributed by atoms with E-state index in [1.54, 1.807) is 0 Å². The molecule has 0 saturated heterocycles. The molecule has 0 atom stereocenters. The van der Waals surface area contributed by atoms with Crippen molar-refractivity contribution in [2.45, 2.75) is 201 Å². The van der Waals surface area contributed by atoms with Crippen LogP contribution in [0, 0.1) is 0 Å². The standard InChI is InChI=1S/C19H42N2.C18H36O2/c1-4-7-8-9-10-11-12-13-15-20-16-14-19-21(17-5-2)18-6-3;1-2-3-4-5-6-7-8-9-10-11-12-13-14-15-16-17-18(19)20/h20H,4-19H2,1-3H3;2-17H2,1H3,(H,19,20). The molecule has 0 unspecified atom stereocenters. The molecule has 0 aromatic carbocycles. The van der Waals surface area contributed by atoms with Gasteiger partial charge in [-0.2, -0.15) is 0 Å². The maximum atomic E-state index is 10.3. The van der Waals surface area contributed by atoms with Gasteiger partial charge in [0.2, 0.25) is 0 Å². The lowest BCUT2D eigenvalue weighted by Gasteiger charge is -2.20. The Bertz CT molecular complexity index is 466. The van der Waals surface area contributed by atoms with E-state index in [4.69, 9.17) is 5.11 Å². The highest BCUT2D eigenvalue weighted by molar-refractivity contribution is 5.66. The number of rotatable bonds is 33. The van der Waals surface area contributed by atoms with Gasteiger partial charge >= 0.3 is 5.97 Å². The molecule has 0 bridgehead atoms. The Hall–Kier alpha value is -0.610. The number of hydrogen-bond donors (Lipinski definition) is 2. The van der Waals surface area contributed by atoms with Crippen LogP contribution in [0.3, 0.4) is 0 Å². The molecule has 0 aromatic heterocycles. The maximum absolute atomic E-state index is 10.3. The first-order chi connectivity index (χ1) is 20.1. The van der Waals surface area contributed by atoms with E-state index in [0.717, 1.165) is 12.8 Å². The van der Waals surface area contributed by atoms with E-state index in [1.165, 1.54) is 187 Å². The molecule has 41 heavy (non-hydrogen) atoms. The molecule has 0 amide bonds. The monoisotopic (exact) mass is 583 g/mol. The molecule has 0 saturated carbocycles. The van der Waals surface area contributed by atoms with Crippen LogP contribution in [-0.4, -0.2) is 48.7 Å². The van der Waals surface area contributed by atoms with Gasteiger partial charge in [-0.15, -0.1) is 0 Å². The third-order valence-electron chi connectivity index (χ3n) is 8.11. The van der Waals surface area contributed by atoms with Gasteiger partial charge in [-0.3, -0.25) is 4.79 Å². The van der Waals surface area contributed by atoms with E-state index >= 15 is 0 Å². The Morgan fingerprint density at radius 3 is 1.15 bits per heavy atom. The van der Waals surface area contributed by atoms with Gasteiger partial charge < -0.3 is 15.3 Å². The summed E-state index contributed by atoms with van der Waals surface area (Å²) in [5, 5.41) is 12.1. The minimum atomic E-state index is -0.653. The van der Waals surface area contributed by atoms with Gasteiger partial charge in [0.1, 0.15) is 0 Å². The smallest absolute Gasteiger partial charge is 0.303 e. The summed E-state index contributed by atoms with van der Waals surface area (Å²) in [6.07, 6.45) is 35.4. The fourth-order valence-electron chi connectivity index (χ4n) is 5.55. The molecule has 0 fully saturated rings. The van der Waals surface area contributed by atoms with Crippen LogP contribution in [0.25, 0.3) is 0 Å². The normalized spacial score (nSPS) is 11.1. The predicted molar refractivity (Wildman–Crippen MR) is 184 cm³/mol. The molecule has 2 N–H and O–H groups in total. The van der Waals surface area contributed by atoms with Crippen molar-refractivity contribution < 1.29 is 9.90 Å². The third-order valence-corrected chi connectivity index (χ3v) is 8.11. The molecule has 248 valence electrons. The average molecular weight is 583 g/mol. The van der Waals surface area contributed by atoms with E-state index in [-0.39, 0.29) is 0 Å². The Morgan fingerprint density at radius 1 is 0.439 bits per heavy atom. The zero-order valence-corrected chi connectivity index (χ0v) is 28.9. The van der Waals surface area contributed by atoms with Crippen molar-refractivity contribution in [3.8, 4) is 0 Å². The number of unbranched alkanes of at least 4 members (excludes halogenated alkanes) is 21. The molecular weight excluding hydrogens is 504 g/mol. The summed E-state index contributed by atoms with van der Waals surface area (Å²) >= 11 is 0. The molecule has 0 rings (SSSR count). The first kappa shape index (κ1) is 42.5. The van der Waals surface area contributed by atoms with Crippen molar-refractivity contribution in [1.82, 2.24) is 10.2 Å². The Labute approximate surface area is 259 Å². The summed E-state index contributed by atoms with van der Waals surface area (Å²) in [7, 11) is 0. The molecule has 4 heteroatoms. The fraction of sp³-hybridized carbons (Fsp3) is 0.973. The summed E-state index contributed by atoms with van der Waals surface area (Å²) in [5.74, 6) is -0.653. The van der Waals surface area contributed by atoms with Crippen LogP contribution in [-0.2, 0) is 4.79 Å². The molecular formula is C37H78N2O2. The van der Waals surface area contributed by atoms with Crippen molar-refractivity contribution in [3.63, 3.8) is 0 Å². The van der Waals surface area contributed by atoms with Crippen LogP contribution in [0.15, 0.2) is 0 Å². The summed E-state index contributed by atoms with van der Waals surface area (Å²) in [5.41, 5.74) is 0. The van der Waals surface area contributed by atoms with Gasteiger partial charge in [0.15, 0.2) is 0 Å². The zero-order valence-electron chi connectivity index (χ0n) is 28.9. The Morgan fingerprint density at radius 2 is 0.780 bits per heavy atom. The SMILES string of the molecule is CCCCCCCCCCCCCCCCCC(=O)O.CCCCCCCCCCNCCCN(CCC)CCC. The second-order valence-electron chi connectivity index (χ2n) is 12.5. The van der Waals surface area contributed by atoms with Gasteiger partial charge in [-0.25, -0.2) is 0 Å². The van der Waals surface area contributed by atoms with Crippen LogP contribution in [0.5, 0.6) is 0 Å². The van der Waals surface area contributed by atoms with Crippen molar-refractivity contribution in [2.24, 2.45) is 0 Å². The third kappa shape index (κ3) is 41.6. The Kier molecular flexibility index (Phi) is 40.9. The molecule has 4 nitrogen and oxygen atoms in total. The van der Waals surface area contributed by atoms with Gasteiger partial charge in [0.25, 0.3) is 0 Å². The van der Waals surface area contributed by atoms with E-state index in [2.05, 4.69) is 37.9 Å². The number of carboxylic acid groups (broad SMARTS) is 1. The number of carbonyl (C=O) groups is 1. The van der Waals surface area contributed by atoms with E-state index in [1.807, 2.05) is 0 Å². The summed E-state index contributed by atoms with van der Waals surface area (Å²) in [6, 6.07) is 0. The molecule has 0 spiro atoms. The first-order valence-electron chi connectivity index (χ1n) is 18.8. The number of aliphatic carboxylic acids is 1. The second-order valence-corrected chi connectivity index (χ2v) is 12.5. The van der Waals surface area contributed by atoms with Crippen LogP contribution < -0.4 is 5.32 Å². The topological polar surface area (TPSA) is 52.6 Å². The maximum Gasteiger partial charge on any atom is 0.303 e. The molecule has 0 aliphatic rings. The highest BCUT2D eigenvalue weighted by Gasteiger charge is 2.01. The van der Waals surface area contributed by atoms with E-state index in [0.29, 0.717) is 6.42 Å². The van der Waals surface area contributed by atoms with Gasteiger partial charge in [0.05, 0.1) is 0 Å². The number of hydrogen-bond acceptors (Lipinski definition) is 3. The van der Waals surface area contributed by atoms with Crippen LogP contribution in [0.2, 0.25) is 0 Å². The molecule has 0 heterocycles. The second kappa shape index (κ2) is 39.4. The molecule has 0 radical (unpaired) electrons. The lowest BCUT2D eigenvalue weighted by Crippen LogP contribution is -2.29.